The fraction of sp³-hybridized carbons (Fsp3) is 0.727. The Morgan fingerprint density at radius 1 is 0.642 bits per heavy atom. The first-order chi connectivity index (χ1) is 24.5. The minimum absolute atomic E-state index is 0.0137. The Hall–Kier alpha value is -5.01. The van der Waals surface area contributed by atoms with Crippen LogP contribution in [0.5, 0.6) is 0 Å². The molecule has 0 fully saturated rings. The second kappa shape index (κ2) is 24.3. The second-order valence-electron chi connectivity index (χ2n) is 14.1. The lowest BCUT2D eigenvalue weighted by Gasteiger charge is -2.26. The van der Waals surface area contributed by atoms with Crippen molar-refractivity contribution in [1.82, 2.24) is 31.9 Å². The van der Waals surface area contributed by atoms with Crippen LogP contribution in [0.25, 0.3) is 0 Å². The van der Waals surface area contributed by atoms with Gasteiger partial charge in [0.05, 0.1) is 12.6 Å². The Kier molecular flexibility index (Phi) is 22.0. The summed E-state index contributed by atoms with van der Waals surface area (Å²) in [6.07, 6.45) is 0.512. The highest BCUT2D eigenvalue weighted by atomic mass is 16.4. The van der Waals surface area contributed by atoms with E-state index in [4.69, 9.17) is 22.9 Å². The average Bonchev–Trinajstić information content (AvgIpc) is 3.04. The molecule has 0 aliphatic carbocycles. The zero-order valence-corrected chi connectivity index (χ0v) is 31.8. The number of primary amides is 1. The molecule has 0 aromatic carbocycles. The number of nitrogens with two attached hydrogens (primary N) is 4. The second-order valence-corrected chi connectivity index (χ2v) is 14.1. The van der Waals surface area contributed by atoms with Crippen LogP contribution in [0.15, 0.2) is 4.99 Å². The van der Waals surface area contributed by atoms with Crippen molar-refractivity contribution in [3.63, 3.8) is 0 Å². The van der Waals surface area contributed by atoms with E-state index in [9.17, 15) is 43.5 Å². The van der Waals surface area contributed by atoms with E-state index in [0.29, 0.717) is 0 Å². The van der Waals surface area contributed by atoms with Crippen LogP contribution in [0.4, 0.5) is 0 Å². The molecular formula is C33H61N11O9. The maximum atomic E-state index is 13.5. The number of aliphatic imine (C=N–C) groups is 1. The molecule has 0 aromatic heterocycles. The Balaban J connectivity index is 5.56. The van der Waals surface area contributed by atoms with Crippen molar-refractivity contribution in [3.8, 4) is 0 Å². The third-order valence-corrected chi connectivity index (χ3v) is 7.72. The number of carboxylic acids is 1. The zero-order valence-electron chi connectivity index (χ0n) is 31.8. The van der Waals surface area contributed by atoms with Gasteiger partial charge >= 0.3 is 5.97 Å². The summed E-state index contributed by atoms with van der Waals surface area (Å²) in [6, 6.07) is -6.81. The van der Waals surface area contributed by atoms with E-state index in [1.165, 1.54) is 6.92 Å². The minimum atomic E-state index is -1.28. The molecule has 0 rings (SSSR count). The van der Waals surface area contributed by atoms with Gasteiger partial charge in [0.1, 0.15) is 30.2 Å². The van der Waals surface area contributed by atoms with Gasteiger partial charge < -0.3 is 59.9 Å². The molecule has 0 spiro atoms. The maximum absolute atomic E-state index is 13.5. The number of hydrogen-bond donors (Lipinski definition) is 11. The molecule has 53 heavy (non-hydrogen) atoms. The van der Waals surface area contributed by atoms with Gasteiger partial charge in [-0.2, -0.15) is 0 Å². The Labute approximate surface area is 310 Å². The normalized spacial score (nSPS) is 14.5. The lowest BCUT2D eigenvalue weighted by atomic mass is 9.99. The van der Waals surface area contributed by atoms with Crippen LogP contribution < -0.4 is 54.8 Å². The molecule has 0 aromatic rings. The van der Waals surface area contributed by atoms with Crippen molar-refractivity contribution in [2.24, 2.45) is 45.7 Å². The standard InChI is InChI=1S/C33H61N11O9/c1-16(2)13-22(41-25(46)15-39-31(51)26(18(5)6)44-28(48)20(34)10-11-24(35)45)30(50)43-23(14-17(3)4)29(49)40-19(7)27(47)42-21(32(52)53)9-8-12-38-33(36)37/h16-23,26H,8-15,34H2,1-7H3,(H2,35,45)(H,39,51)(H,40,49)(H,41,46)(H,42,47)(H,43,50)(H,44,48)(H,52,53)(H4,36,37,38)/t19-,20-,21-,22-,23-,26-/m0/s1. The molecule has 0 saturated carbocycles. The average molecular weight is 756 g/mol. The highest BCUT2D eigenvalue weighted by Gasteiger charge is 2.31. The van der Waals surface area contributed by atoms with Crippen molar-refractivity contribution in [1.29, 1.82) is 0 Å². The fourth-order valence-electron chi connectivity index (χ4n) is 4.86. The van der Waals surface area contributed by atoms with Crippen LogP contribution >= 0.6 is 0 Å². The zero-order chi connectivity index (χ0) is 41.0. The van der Waals surface area contributed by atoms with E-state index in [1.54, 1.807) is 13.8 Å². The summed E-state index contributed by atoms with van der Waals surface area (Å²) in [4.78, 5) is 104. The first-order valence-corrected chi connectivity index (χ1v) is 17.7. The summed E-state index contributed by atoms with van der Waals surface area (Å²) in [5.74, 6) is -6.84. The summed E-state index contributed by atoms with van der Waals surface area (Å²) < 4.78 is 0. The van der Waals surface area contributed by atoms with E-state index >= 15 is 0 Å². The smallest absolute Gasteiger partial charge is 0.326 e. The molecule has 20 heteroatoms. The topological polar surface area (TPSA) is 345 Å². The van der Waals surface area contributed by atoms with E-state index in [0.717, 1.165) is 0 Å². The van der Waals surface area contributed by atoms with Crippen molar-refractivity contribution >= 4 is 53.3 Å². The number of nitrogens with zero attached hydrogens (tertiary/aromatic N) is 1. The summed E-state index contributed by atoms with van der Waals surface area (Å²) in [6.45, 7) is 11.6. The van der Waals surface area contributed by atoms with Crippen LogP contribution in [0, 0.1) is 17.8 Å². The molecule has 0 radical (unpaired) electrons. The molecule has 302 valence electrons. The molecule has 0 aliphatic rings. The lowest BCUT2D eigenvalue weighted by molar-refractivity contribution is -0.142. The minimum Gasteiger partial charge on any atom is -0.480 e. The van der Waals surface area contributed by atoms with Gasteiger partial charge in [-0.25, -0.2) is 4.79 Å². The molecule has 7 amide bonds. The number of carbonyl (C=O) groups excluding carboxylic acids is 7. The van der Waals surface area contributed by atoms with E-state index in [-0.39, 0.29) is 62.9 Å². The first-order valence-electron chi connectivity index (χ1n) is 17.7. The largest absolute Gasteiger partial charge is 0.480 e. The summed E-state index contributed by atoms with van der Waals surface area (Å²) in [7, 11) is 0. The van der Waals surface area contributed by atoms with Crippen LogP contribution in [0.2, 0.25) is 0 Å². The molecule has 20 nitrogen and oxygen atoms in total. The van der Waals surface area contributed by atoms with Gasteiger partial charge in [-0.05, 0) is 56.8 Å². The Morgan fingerprint density at radius 2 is 1.17 bits per heavy atom. The van der Waals surface area contributed by atoms with Crippen LogP contribution in [-0.2, 0) is 38.4 Å². The number of carbonyl (C=O) groups is 8. The summed E-state index contributed by atoms with van der Waals surface area (Å²) in [5, 5.41) is 24.6. The molecule has 0 bridgehead atoms. The van der Waals surface area contributed by atoms with Crippen molar-refractivity contribution in [3.05, 3.63) is 0 Å². The SMILES string of the molecule is CC(C)C[C@H](NC(=O)CNC(=O)[C@@H](NC(=O)[C@@H](N)CCC(N)=O)C(C)C)C(=O)N[C@@H](CC(C)C)C(=O)N[C@@H](C)C(=O)N[C@@H](CCCN=C(N)N)C(=O)O. The van der Waals surface area contributed by atoms with Gasteiger partial charge in [-0.15, -0.1) is 0 Å². The van der Waals surface area contributed by atoms with E-state index in [2.05, 4.69) is 36.9 Å². The maximum Gasteiger partial charge on any atom is 0.326 e. The van der Waals surface area contributed by atoms with Crippen LogP contribution in [0.3, 0.4) is 0 Å². The predicted molar refractivity (Wildman–Crippen MR) is 196 cm³/mol. The number of aliphatic carboxylic acids is 1. The van der Waals surface area contributed by atoms with Crippen LogP contribution in [-0.4, -0.2) is 108 Å². The number of hydrogen-bond acceptors (Lipinski definition) is 10. The summed E-state index contributed by atoms with van der Waals surface area (Å²) in [5.41, 5.74) is 21.4. The Bertz CT molecular complexity index is 1300. The van der Waals surface area contributed by atoms with Gasteiger partial charge in [-0.3, -0.25) is 38.6 Å². The Morgan fingerprint density at radius 3 is 1.66 bits per heavy atom. The molecular weight excluding hydrogens is 694 g/mol. The highest BCUT2D eigenvalue weighted by Crippen LogP contribution is 2.10. The molecule has 0 unspecified atom stereocenters. The van der Waals surface area contributed by atoms with Crippen molar-refractivity contribution < 1.29 is 43.5 Å². The van der Waals surface area contributed by atoms with Gasteiger partial charge in [0.2, 0.25) is 41.4 Å². The number of amides is 7. The third-order valence-electron chi connectivity index (χ3n) is 7.72. The van der Waals surface area contributed by atoms with Crippen molar-refractivity contribution in [2.75, 3.05) is 13.1 Å². The van der Waals surface area contributed by atoms with Gasteiger partial charge in [-0.1, -0.05) is 41.5 Å². The van der Waals surface area contributed by atoms with E-state index in [1.807, 2.05) is 27.7 Å². The number of nitrogens with one attached hydrogen (secondary N) is 6. The third kappa shape index (κ3) is 20.6. The predicted octanol–water partition coefficient (Wildman–Crippen LogP) is -2.97. The first kappa shape index (κ1) is 48.0. The lowest BCUT2D eigenvalue weighted by Crippen LogP contribution is -2.58. The molecule has 0 saturated heterocycles. The van der Waals surface area contributed by atoms with Gasteiger partial charge in [0.15, 0.2) is 5.96 Å². The number of rotatable bonds is 25. The quantitative estimate of drug-likeness (QED) is 0.0253. The molecule has 15 N–H and O–H groups in total. The monoisotopic (exact) mass is 755 g/mol. The van der Waals surface area contributed by atoms with Crippen molar-refractivity contribution in [2.45, 2.75) is 123 Å². The number of guanidine groups is 1. The summed E-state index contributed by atoms with van der Waals surface area (Å²) >= 11 is 0. The molecule has 0 aliphatic heterocycles. The van der Waals surface area contributed by atoms with Gasteiger partial charge in [0, 0.05) is 13.0 Å². The van der Waals surface area contributed by atoms with Gasteiger partial charge in [0.25, 0.3) is 0 Å². The fourth-order valence-corrected chi connectivity index (χ4v) is 4.86. The molecule has 6 atom stereocenters. The van der Waals surface area contributed by atoms with Crippen LogP contribution in [0.1, 0.15) is 87.0 Å². The van der Waals surface area contributed by atoms with E-state index < -0.39 is 96.0 Å². The number of carboxylic acid groups (broad SMARTS) is 1. The molecule has 0 heterocycles. The highest BCUT2D eigenvalue weighted by molar-refractivity contribution is 5.96.